The van der Waals surface area contributed by atoms with Gasteiger partial charge < -0.3 is 14.0 Å². The normalized spacial score (nSPS) is 12.1. The van der Waals surface area contributed by atoms with E-state index in [-0.39, 0.29) is 0 Å². The lowest BCUT2D eigenvalue weighted by molar-refractivity contribution is 0.420. The molecule has 0 aromatic carbocycles. The Bertz CT molecular complexity index is 2510. The molecule has 0 unspecified atom stereocenters. The highest BCUT2D eigenvalue weighted by molar-refractivity contribution is 7.12. The van der Waals surface area contributed by atoms with Gasteiger partial charge in [-0.1, -0.05) is 235 Å². The second-order valence-corrected chi connectivity index (χ2v) is 34.9. The first-order valence-electron chi connectivity index (χ1n) is 38.5. The Morgan fingerprint density at radius 3 is 0.898 bits per heavy atom. The van der Waals surface area contributed by atoms with Crippen LogP contribution < -0.4 is 0 Å². The highest BCUT2D eigenvalue weighted by Crippen LogP contribution is 2.36. The highest BCUT2D eigenvalue weighted by atomic mass is 32.1. The molecule has 7 rings (SSSR count). The maximum Gasteiger partial charge on any atom is 0.197 e. The molecule has 0 aliphatic heterocycles. The van der Waals surface area contributed by atoms with Gasteiger partial charge in [-0.15, -0.1) is 11.3 Å². The monoisotopic (exact) mass is 1380 g/mol. The number of hydrogen-bond acceptors (Lipinski definition) is 9. The SMILES string of the molecule is CC(C)c1cn(C(C)C)cc1C(C)C.CC(C)c1cn(C(C)C)nc1C(C)C.CC(C)c1cn(C(C)C)nc1C(C)C.CC(C)c1nc(C(C)C)c(C(C)C)[nH]1.CC(C)c1nc(C(C)C)c(C(C)C)o1.CC(C)c1nc(C(C)C)c(C(C)C)s1.CC(C)c1nn(C(C)C)nc1C(C)C. The molecule has 7 aromatic rings. The van der Waals surface area contributed by atoms with Gasteiger partial charge in [-0.3, -0.25) is 9.36 Å². The first kappa shape index (κ1) is 90.9. The zero-order valence-corrected chi connectivity index (χ0v) is 72.0. The number of nitrogens with zero attached hydrogens (tertiary/aromatic N) is 11. The summed E-state index contributed by atoms with van der Waals surface area (Å²) in [5.41, 5.74) is 15.6. The fraction of sp³-hybridized carbons (Fsp3) is 0.750. The second kappa shape index (κ2) is 41.7. The van der Waals surface area contributed by atoms with Gasteiger partial charge in [-0.2, -0.15) is 25.2 Å². The molecule has 0 saturated carbocycles. The van der Waals surface area contributed by atoms with Crippen LogP contribution in [0.4, 0.5) is 0 Å². The molecule has 0 aliphatic carbocycles. The molecule has 7 heterocycles. The Balaban J connectivity index is 0.000000572. The minimum absolute atomic E-state index is 0.347. The predicted molar refractivity (Wildman–Crippen MR) is 427 cm³/mol. The maximum absolute atomic E-state index is 5.79. The summed E-state index contributed by atoms with van der Waals surface area (Å²) in [6, 6.07) is 1.83. The number of H-pyrrole nitrogens is 1. The van der Waals surface area contributed by atoms with Crippen LogP contribution in [0.25, 0.3) is 0 Å². The van der Waals surface area contributed by atoms with Gasteiger partial charge in [0.15, 0.2) is 5.89 Å². The molecule has 98 heavy (non-hydrogen) atoms. The molecule has 0 atom stereocenters. The molecular weight excluding hydrogens is 1230 g/mol. The number of hydrogen-bond donors (Lipinski definition) is 1. The van der Waals surface area contributed by atoms with Gasteiger partial charge in [-0.25, -0.2) is 15.0 Å². The van der Waals surface area contributed by atoms with E-state index in [4.69, 9.17) is 9.40 Å². The fourth-order valence-electron chi connectivity index (χ4n) is 10.8. The molecular formula is C84H152N12OS. The molecule has 7 aromatic heterocycles. The third kappa shape index (κ3) is 27.7. The van der Waals surface area contributed by atoms with Crippen molar-refractivity contribution < 1.29 is 4.42 Å². The van der Waals surface area contributed by atoms with Gasteiger partial charge in [0.25, 0.3) is 0 Å². The van der Waals surface area contributed by atoms with Crippen LogP contribution in [0, 0.1) is 0 Å². The number of aromatic amines is 1. The first-order valence-corrected chi connectivity index (χ1v) is 39.3. The molecule has 0 aliphatic rings. The molecule has 13 nitrogen and oxygen atoms in total. The fourth-order valence-corrected chi connectivity index (χ4v) is 12.0. The summed E-state index contributed by atoms with van der Waals surface area (Å²) in [4.78, 5) is 20.7. The molecule has 1 N–H and O–H groups in total. The van der Waals surface area contributed by atoms with Crippen molar-refractivity contribution in [2.24, 2.45) is 0 Å². The van der Waals surface area contributed by atoms with E-state index in [1.807, 2.05) is 16.1 Å². The van der Waals surface area contributed by atoms with Crippen molar-refractivity contribution in [2.75, 3.05) is 0 Å². The number of oxazole rings is 1. The molecule has 0 radical (unpaired) electrons. The molecule has 0 saturated heterocycles. The van der Waals surface area contributed by atoms with Crippen molar-refractivity contribution in [1.82, 2.24) is 59.1 Å². The number of aromatic nitrogens is 12. The maximum atomic E-state index is 5.79. The third-order valence-corrected chi connectivity index (χ3v) is 18.6. The quantitative estimate of drug-likeness (QED) is 0.0750. The zero-order valence-electron chi connectivity index (χ0n) is 71.2. The van der Waals surface area contributed by atoms with Crippen LogP contribution in [-0.4, -0.2) is 59.1 Å². The zero-order chi connectivity index (χ0) is 76.1. The van der Waals surface area contributed by atoms with E-state index in [2.05, 4.69) is 365 Å². The molecule has 14 heteroatoms. The molecule has 0 spiro atoms. The van der Waals surface area contributed by atoms with Gasteiger partial charge in [-0.05, 0) is 155 Å². The van der Waals surface area contributed by atoms with Crippen LogP contribution in [0.15, 0.2) is 29.2 Å². The second-order valence-electron chi connectivity index (χ2n) is 33.8. The van der Waals surface area contributed by atoms with Crippen molar-refractivity contribution in [2.45, 2.75) is 416 Å². The van der Waals surface area contributed by atoms with Crippen LogP contribution >= 0.6 is 11.3 Å². The van der Waals surface area contributed by atoms with Gasteiger partial charge >= 0.3 is 0 Å². The summed E-state index contributed by atoms with van der Waals surface area (Å²) in [5.74, 6) is 11.9. The van der Waals surface area contributed by atoms with Crippen molar-refractivity contribution in [3.8, 4) is 0 Å². The lowest BCUT2D eigenvalue weighted by Crippen LogP contribution is -2.05. The van der Waals surface area contributed by atoms with Gasteiger partial charge in [0.2, 0.25) is 0 Å². The molecule has 0 amide bonds. The van der Waals surface area contributed by atoms with Gasteiger partial charge in [0.1, 0.15) is 11.6 Å². The van der Waals surface area contributed by atoms with E-state index in [0.29, 0.717) is 125 Å². The lowest BCUT2D eigenvalue weighted by Gasteiger charge is -2.08. The van der Waals surface area contributed by atoms with Gasteiger partial charge in [0, 0.05) is 77.2 Å². The van der Waals surface area contributed by atoms with Crippen molar-refractivity contribution in [1.29, 1.82) is 0 Å². The minimum Gasteiger partial charge on any atom is -0.445 e. The minimum atomic E-state index is 0.347. The summed E-state index contributed by atoms with van der Waals surface area (Å²) in [5, 5.41) is 19.7. The van der Waals surface area contributed by atoms with E-state index in [1.54, 1.807) is 0 Å². The third-order valence-electron chi connectivity index (χ3n) is 16.9. The molecule has 0 bridgehead atoms. The largest absolute Gasteiger partial charge is 0.445 e. The Morgan fingerprint density at radius 1 is 0.296 bits per heavy atom. The number of thiazole rings is 1. The summed E-state index contributed by atoms with van der Waals surface area (Å²) in [7, 11) is 0. The smallest absolute Gasteiger partial charge is 0.197 e. The lowest BCUT2D eigenvalue weighted by atomic mass is 9.95. The van der Waals surface area contributed by atoms with Crippen LogP contribution in [0.2, 0.25) is 0 Å². The van der Waals surface area contributed by atoms with E-state index < -0.39 is 0 Å². The van der Waals surface area contributed by atoms with Crippen LogP contribution in [-0.2, 0) is 0 Å². The highest BCUT2D eigenvalue weighted by Gasteiger charge is 2.24. The van der Waals surface area contributed by atoms with E-state index in [1.165, 1.54) is 60.6 Å². The summed E-state index contributed by atoms with van der Waals surface area (Å²) in [6.45, 7) is 92.2. The average molecular weight is 1380 g/mol. The van der Waals surface area contributed by atoms with E-state index in [9.17, 15) is 0 Å². The van der Waals surface area contributed by atoms with Crippen LogP contribution in [0.3, 0.4) is 0 Å². The summed E-state index contributed by atoms with van der Waals surface area (Å²) < 4.78 is 12.3. The predicted octanol–water partition coefficient (Wildman–Crippen LogP) is 27.2. The average Bonchev–Trinajstić information content (AvgIpc) is 1.76. The standard InChI is InChI=1S/C13H23N.3C12H22N2.C12H21NO.C12H21NS.C11H21N3/c1-9(2)12-7-14(11(5)6)8-13(12)10(3)4;2*1-8(2)11-7-14(10(5)6)13-12(11)9(3)4;3*1-7(2)10-11(8(3)4)14-12(13-10)9(5)6;1-7(2)10-11(8(3)4)13-14(12-10)9(5)6/h7-11H,1-6H3;2*7-10H,1-6H3;7-9H,1-6H3,(H,13,14);3*7-9H,1-6H3. The molecule has 560 valence electrons. The molecule has 0 fully saturated rings. The number of nitrogens with one attached hydrogen (secondary N) is 1. The first-order chi connectivity index (χ1) is 45.0. The Hall–Kier alpha value is -5.11. The number of imidazole rings is 1. The Kier molecular flexibility index (Phi) is 38.7. The van der Waals surface area contributed by atoms with Crippen molar-refractivity contribution in [3.05, 3.63) is 120 Å². The van der Waals surface area contributed by atoms with Crippen LogP contribution in [0.5, 0.6) is 0 Å². The van der Waals surface area contributed by atoms with Gasteiger partial charge in [0.05, 0.1) is 50.9 Å². The number of rotatable bonds is 21. The van der Waals surface area contributed by atoms with Crippen molar-refractivity contribution >= 4 is 11.3 Å². The Morgan fingerprint density at radius 2 is 0.673 bits per heavy atom. The van der Waals surface area contributed by atoms with E-state index in [0.717, 1.165) is 34.6 Å². The van der Waals surface area contributed by atoms with E-state index >= 15 is 0 Å². The van der Waals surface area contributed by atoms with Crippen molar-refractivity contribution in [3.63, 3.8) is 0 Å². The summed E-state index contributed by atoms with van der Waals surface area (Å²) in [6.07, 6.45) is 9.02. The van der Waals surface area contributed by atoms with Crippen LogP contribution in [0.1, 0.15) is 511 Å². The Labute approximate surface area is 607 Å². The summed E-state index contributed by atoms with van der Waals surface area (Å²) >= 11 is 1.89. The topological polar surface area (TPSA) is 139 Å².